The minimum Gasteiger partial charge on any atom is -0.373 e. The van der Waals surface area contributed by atoms with Crippen LogP contribution in [0, 0.1) is 11.6 Å². The Morgan fingerprint density at radius 3 is 2.42 bits per heavy atom. The van der Waals surface area contributed by atoms with E-state index < -0.39 is 11.6 Å². The molecule has 4 aromatic rings. The monoisotopic (exact) mass is 349 g/mol. The number of aromatic nitrogens is 4. The van der Waals surface area contributed by atoms with Gasteiger partial charge >= 0.3 is 0 Å². The van der Waals surface area contributed by atoms with Gasteiger partial charge in [-0.25, -0.2) is 23.7 Å². The molecule has 0 amide bonds. The lowest BCUT2D eigenvalue weighted by Gasteiger charge is -2.10. The smallest absolute Gasteiger partial charge is 0.182 e. The van der Waals surface area contributed by atoms with E-state index >= 15 is 0 Å². The van der Waals surface area contributed by atoms with Crippen molar-refractivity contribution in [1.29, 1.82) is 0 Å². The molecule has 0 aliphatic carbocycles. The minimum absolute atomic E-state index is 0.428. The van der Waals surface area contributed by atoms with Crippen LogP contribution in [0.5, 0.6) is 0 Å². The third-order valence-electron chi connectivity index (χ3n) is 3.98. The second-order valence-corrected chi connectivity index (χ2v) is 5.60. The van der Waals surface area contributed by atoms with Crippen LogP contribution in [0.2, 0.25) is 0 Å². The molecule has 1 N–H and O–H groups in total. The Bertz CT molecular complexity index is 1100. The summed E-state index contributed by atoms with van der Waals surface area (Å²) in [4.78, 5) is 17.3. The zero-order chi connectivity index (χ0) is 18.1. The normalized spacial score (nSPS) is 10.9. The number of nitrogens with zero attached hydrogens (tertiary/aromatic N) is 4. The summed E-state index contributed by atoms with van der Waals surface area (Å²) in [5, 5.41) is 3.86. The first-order valence-corrected chi connectivity index (χ1v) is 7.87. The van der Waals surface area contributed by atoms with Gasteiger partial charge < -0.3 is 5.32 Å². The van der Waals surface area contributed by atoms with Crippen molar-refractivity contribution in [2.75, 3.05) is 12.4 Å². The first-order valence-electron chi connectivity index (χ1n) is 7.87. The molecule has 26 heavy (non-hydrogen) atoms. The lowest BCUT2D eigenvalue weighted by atomic mass is 10.0. The van der Waals surface area contributed by atoms with Crippen molar-refractivity contribution in [3.05, 3.63) is 66.6 Å². The third-order valence-corrected chi connectivity index (χ3v) is 3.98. The Balaban J connectivity index is 1.90. The fraction of sp³-hybridized carbons (Fsp3) is 0.0526. The van der Waals surface area contributed by atoms with Crippen LogP contribution in [-0.2, 0) is 0 Å². The lowest BCUT2D eigenvalue weighted by molar-refractivity contribution is 0.509. The van der Waals surface area contributed by atoms with Gasteiger partial charge in [-0.05, 0) is 35.4 Å². The molecule has 2 aromatic carbocycles. The molecule has 0 bridgehead atoms. The highest BCUT2D eigenvalue weighted by molar-refractivity contribution is 5.93. The van der Waals surface area contributed by atoms with Crippen molar-refractivity contribution in [2.45, 2.75) is 0 Å². The van der Waals surface area contributed by atoms with Crippen molar-refractivity contribution in [1.82, 2.24) is 19.9 Å². The standard InChI is InChI=1S/C19H13F2N5/c1-22-18-13-4-2-12(11-3-5-14(20)15(21)8-11)9-16(13)25-19(26-18)17-10-23-6-7-24-17/h2-10H,1H3,(H,22,25,26). The number of fused-ring (bicyclic) bond motifs is 1. The van der Waals surface area contributed by atoms with Crippen LogP contribution < -0.4 is 5.32 Å². The van der Waals surface area contributed by atoms with Crippen molar-refractivity contribution in [3.8, 4) is 22.6 Å². The SMILES string of the molecule is CNc1nc(-c2cnccn2)nc2cc(-c3ccc(F)c(F)c3)ccc12. The van der Waals surface area contributed by atoms with Crippen molar-refractivity contribution in [3.63, 3.8) is 0 Å². The average molecular weight is 349 g/mol. The van der Waals surface area contributed by atoms with Gasteiger partial charge in [-0.1, -0.05) is 12.1 Å². The van der Waals surface area contributed by atoms with Gasteiger partial charge in [0.1, 0.15) is 11.5 Å². The van der Waals surface area contributed by atoms with E-state index in [2.05, 4.69) is 25.3 Å². The molecular weight excluding hydrogens is 336 g/mol. The number of rotatable bonds is 3. The summed E-state index contributed by atoms with van der Waals surface area (Å²) in [5.74, 6) is -0.689. The molecule has 0 unspecified atom stereocenters. The maximum absolute atomic E-state index is 13.6. The molecule has 0 saturated carbocycles. The van der Waals surface area contributed by atoms with Gasteiger partial charge in [-0.2, -0.15) is 0 Å². The molecule has 4 rings (SSSR count). The Hall–Kier alpha value is -3.48. The molecule has 0 aliphatic heterocycles. The van der Waals surface area contributed by atoms with Gasteiger partial charge in [0.05, 0.1) is 11.7 Å². The Morgan fingerprint density at radius 2 is 1.69 bits per heavy atom. The van der Waals surface area contributed by atoms with E-state index in [1.165, 1.54) is 12.1 Å². The quantitative estimate of drug-likeness (QED) is 0.604. The zero-order valence-electron chi connectivity index (χ0n) is 13.7. The van der Waals surface area contributed by atoms with E-state index in [1.807, 2.05) is 18.2 Å². The van der Waals surface area contributed by atoms with Crippen molar-refractivity contribution < 1.29 is 8.78 Å². The van der Waals surface area contributed by atoms with Crippen LogP contribution in [0.4, 0.5) is 14.6 Å². The fourth-order valence-electron chi connectivity index (χ4n) is 2.70. The minimum atomic E-state index is -0.888. The summed E-state index contributed by atoms with van der Waals surface area (Å²) in [6.45, 7) is 0. The third kappa shape index (κ3) is 2.83. The molecule has 2 heterocycles. The van der Waals surface area contributed by atoms with Gasteiger partial charge in [-0.3, -0.25) is 4.98 Å². The number of anilines is 1. The van der Waals surface area contributed by atoms with E-state index in [1.54, 1.807) is 25.6 Å². The van der Waals surface area contributed by atoms with E-state index in [4.69, 9.17) is 0 Å². The highest BCUT2D eigenvalue weighted by atomic mass is 19.2. The maximum Gasteiger partial charge on any atom is 0.182 e. The highest BCUT2D eigenvalue weighted by Crippen LogP contribution is 2.29. The number of halogens is 2. The molecule has 0 fully saturated rings. The van der Waals surface area contributed by atoms with Crippen LogP contribution in [0.3, 0.4) is 0 Å². The summed E-state index contributed by atoms with van der Waals surface area (Å²) in [7, 11) is 1.77. The van der Waals surface area contributed by atoms with Crippen LogP contribution in [0.25, 0.3) is 33.5 Å². The van der Waals surface area contributed by atoms with E-state index in [0.717, 1.165) is 17.0 Å². The number of hydrogen-bond donors (Lipinski definition) is 1. The van der Waals surface area contributed by atoms with E-state index in [0.29, 0.717) is 28.4 Å². The fourth-order valence-corrected chi connectivity index (χ4v) is 2.70. The molecular formula is C19H13F2N5. The number of nitrogens with one attached hydrogen (secondary N) is 1. The number of benzene rings is 2. The van der Waals surface area contributed by atoms with Gasteiger partial charge in [0, 0.05) is 24.8 Å². The van der Waals surface area contributed by atoms with Gasteiger partial charge in [-0.15, -0.1) is 0 Å². The predicted molar refractivity (Wildman–Crippen MR) is 95.5 cm³/mol. The molecule has 0 atom stereocenters. The summed E-state index contributed by atoms with van der Waals surface area (Å²) >= 11 is 0. The first-order chi connectivity index (χ1) is 12.7. The summed E-state index contributed by atoms with van der Waals surface area (Å²) < 4.78 is 26.7. The Labute approximate surface area is 147 Å². The summed E-state index contributed by atoms with van der Waals surface area (Å²) in [6.07, 6.45) is 4.73. The molecule has 2 aromatic heterocycles. The zero-order valence-corrected chi connectivity index (χ0v) is 13.7. The predicted octanol–water partition coefficient (Wildman–Crippen LogP) is 4.07. The highest BCUT2D eigenvalue weighted by Gasteiger charge is 2.12. The second kappa shape index (κ2) is 6.44. The average Bonchev–Trinajstić information content (AvgIpc) is 2.69. The van der Waals surface area contributed by atoms with Gasteiger partial charge in [0.15, 0.2) is 17.5 Å². The molecule has 0 spiro atoms. The molecule has 0 saturated heterocycles. The number of hydrogen-bond acceptors (Lipinski definition) is 5. The molecule has 0 aliphatic rings. The molecule has 5 nitrogen and oxygen atoms in total. The van der Waals surface area contributed by atoms with Crippen LogP contribution in [0.15, 0.2) is 55.0 Å². The largest absolute Gasteiger partial charge is 0.373 e. The Morgan fingerprint density at radius 1 is 0.885 bits per heavy atom. The Kier molecular flexibility index (Phi) is 3.96. The summed E-state index contributed by atoms with van der Waals surface area (Å²) in [6, 6.07) is 9.28. The molecule has 7 heteroatoms. The van der Waals surface area contributed by atoms with Crippen LogP contribution >= 0.6 is 0 Å². The van der Waals surface area contributed by atoms with Crippen LogP contribution in [0.1, 0.15) is 0 Å². The molecule has 0 radical (unpaired) electrons. The van der Waals surface area contributed by atoms with Gasteiger partial charge in [0.25, 0.3) is 0 Å². The second-order valence-electron chi connectivity index (χ2n) is 5.60. The van der Waals surface area contributed by atoms with E-state index in [9.17, 15) is 8.78 Å². The van der Waals surface area contributed by atoms with Crippen molar-refractivity contribution >= 4 is 16.7 Å². The topological polar surface area (TPSA) is 63.6 Å². The maximum atomic E-state index is 13.6. The molecule has 128 valence electrons. The van der Waals surface area contributed by atoms with Crippen LogP contribution in [-0.4, -0.2) is 27.0 Å². The lowest BCUT2D eigenvalue weighted by Crippen LogP contribution is -2.00. The summed E-state index contributed by atoms with van der Waals surface area (Å²) in [5.41, 5.74) is 2.50. The van der Waals surface area contributed by atoms with E-state index in [-0.39, 0.29) is 0 Å². The van der Waals surface area contributed by atoms with Gasteiger partial charge in [0.2, 0.25) is 0 Å². The van der Waals surface area contributed by atoms with Crippen molar-refractivity contribution in [2.24, 2.45) is 0 Å². The first kappa shape index (κ1) is 16.0.